The first-order valence-corrected chi connectivity index (χ1v) is 3.34. The zero-order valence-electron chi connectivity index (χ0n) is 6.27. The van der Waals surface area contributed by atoms with E-state index in [1.54, 1.807) is 0 Å². The van der Waals surface area contributed by atoms with Crippen LogP contribution in [-0.4, -0.2) is 4.92 Å². The molecule has 72 valence electrons. The first-order valence-electron chi connectivity index (χ1n) is 2.96. The topological polar surface area (TPSA) is 78.4 Å². The van der Waals surface area contributed by atoms with Gasteiger partial charge in [0.2, 0.25) is 5.75 Å². The van der Waals surface area contributed by atoms with Crippen molar-refractivity contribution in [1.82, 2.24) is 0 Å². The van der Waals surface area contributed by atoms with Gasteiger partial charge in [0, 0.05) is 6.07 Å². The van der Waals surface area contributed by atoms with Crippen molar-refractivity contribution in [3.8, 4) is 5.75 Å². The maximum Gasteiger partial charge on any atom is 0.315 e. The summed E-state index contributed by atoms with van der Waals surface area (Å²) in [6, 6.07) is 4.16. The number of rotatable bonds is 2. The van der Waals surface area contributed by atoms with Crippen molar-refractivity contribution < 1.29 is 9.76 Å². The predicted octanol–water partition coefficient (Wildman–Crippen LogP) is 1.92. The third-order valence-electron chi connectivity index (χ3n) is 1.26. The summed E-state index contributed by atoms with van der Waals surface area (Å²) in [7, 11) is 0. The van der Waals surface area contributed by atoms with Crippen LogP contribution in [0.3, 0.4) is 0 Å². The molecule has 1 rings (SSSR count). The summed E-state index contributed by atoms with van der Waals surface area (Å²) in [5.74, 6) is 4.68. The lowest BCUT2D eigenvalue weighted by Crippen LogP contribution is -2.05. The highest BCUT2D eigenvalue weighted by atomic mass is 35.5. The number of para-hydroxylation sites is 1. The summed E-state index contributed by atoms with van der Waals surface area (Å²) in [5.41, 5.74) is -0.245. The molecule has 1 aromatic carbocycles. The Hall–Kier alpha value is -1.04. The first kappa shape index (κ1) is 12.0. The molecule has 0 fully saturated rings. The average molecular weight is 225 g/mol. The minimum Gasteiger partial charge on any atom is -0.403 e. The lowest BCUT2D eigenvalue weighted by atomic mass is 10.3. The van der Waals surface area contributed by atoms with Gasteiger partial charge in [-0.25, -0.2) is 0 Å². The molecule has 7 heteroatoms. The molecular weight excluding hydrogens is 219 g/mol. The van der Waals surface area contributed by atoms with Crippen molar-refractivity contribution in [3.05, 3.63) is 33.3 Å². The van der Waals surface area contributed by atoms with Crippen LogP contribution in [0.2, 0.25) is 5.02 Å². The van der Waals surface area contributed by atoms with Gasteiger partial charge in [0.25, 0.3) is 0 Å². The van der Waals surface area contributed by atoms with Gasteiger partial charge in [-0.2, -0.15) is 5.90 Å². The van der Waals surface area contributed by atoms with Gasteiger partial charge in [0.15, 0.2) is 0 Å². The van der Waals surface area contributed by atoms with Crippen LogP contribution in [0.25, 0.3) is 0 Å². The molecule has 0 radical (unpaired) electrons. The van der Waals surface area contributed by atoms with Crippen LogP contribution in [0.5, 0.6) is 5.75 Å². The first-order chi connectivity index (χ1) is 5.66. The number of nitrogens with two attached hydrogens (primary N) is 1. The summed E-state index contributed by atoms with van der Waals surface area (Å²) < 4.78 is 0. The fourth-order valence-electron chi connectivity index (χ4n) is 0.758. The number of nitro groups is 1. The van der Waals surface area contributed by atoms with E-state index < -0.39 is 4.92 Å². The molecule has 0 aliphatic heterocycles. The molecule has 13 heavy (non-hydrogen) atoms. The van der Waals surface area contributed by atoms with Gasteiger partial charge in [0.05, 0.1) is 9.95 Å². The molecule has 5 nitrogen and oxygen atoms in total. The summed E-state index contributed by atoms with van der Waals surface area (Å²) in [5, 5.41) is 10.5. The SMILES string of the molecule is Cl.NOc1c(Cl)cccc1[N+](=O)[O-]. The number of halogens is 2. The van der Waals surface area contributed by atoms with Crippen LogP contribution in [0.15, 0.2) is 18.2 Å². The molecule has 0 saturated heterocycles. The van der Waals surface area contributed by atoms with Crippen molar-refractivity contribution in [2.24, 2.45) is 5.90 Å². The second kappa shape index (κ2) is 4.86. The van der Waals surface area contributed by atoms with E-state index in [9.17, 15) is 10.1 Å². The molecular formula is C6H6Cl2N2O3. The minimum absolute atomic E-state index is 0. The van der Waals surface area contributed by atoms with Gasteiger partial charge in [-0.15, -0.1) is 12.4 Å². The molecule has 0 unspecified atom stereocenters. The number of benzene rings is 1. The van der Waals surface area contributed by atoms with Gasteiger partial charge in [0.1, 0.15) is 0 Å². The maximum absolute atomic E-state index is 10.3. The van der Waals surface area contributed by atoms with E-state index in [1.165, 1.54) is 18.2 Å². The fourth-order valence-corrected chi connectivity index (χ4v) is 0.972. The zero-order chi connectivity index (χ0) is 9.14. The Morgan fingerprint density at radius 3 is 2.54 bits per heavy atom. The molecule has 0 atom stereocenters. The Morgan fingerprint density at radius 1 is 1.54 bits per heavy atom. The molecule has 0 saturated carbocycles. The molecule has 1 aromatic rings. The van der Waals surface area contributed by atoms with Crippen molar-refractivity contribution >= 4 is 29.7 Å². The third kappa shape index (κ3) is 2.45. The Kier molecular flexibility index (Phi) is 4.47. The van der Waals surface area contributed by atoms with Gasteiger partial charge in [-0.3, -0.25) is 10.1 Å². The Bertz CT molecular complexity index is 319. The van der Waals surface area contributed by atoms with E-state index in [0.29, 0.717) is 0 Å². The lowest BCUT2D eigenvalue weighted by molar-refractivity contribution is -0.385. The van der Waals surface area contributed by atoms with Gasteiger partial charge >= 0.3 is 5.69 Å². The van der Waals surface area contributed by atoms with Crippen molar-refractivity contribution in [2.45, 2.75) is 0 Å². The highest BCUT2D eigenvalue weighted by Gasteiger charge is 2.17. The van der Waals surface area contributed by atoms with Crippen LogP contribution >= 0.6 is 24.0 Å². The standard InChI is InChI=1S/C6H5ClN2O3.ClH/c7-4-2-1-3-5(9(10)11)6(4)12-8;/h1-3H,8H2;1H. The number of nitrogens with zero attached hydrogens (tertiary/aromatic N) is 1. The van der Waals surface area contributed by atoms with Gasteiger partial charge in [-0.1, -0.05) is 17.7 Å². The number of nitro benzene ring substituents is 1. The maximum atomic E-state index is 10.3. The molecule has 0 amide bonds. The van der Waals surface area contributed by atoms with Crippen LogP contribution < -0.4 is 10.7 Å². The van der Waals surface area contributed by atoms with E-state index in [0.717, 1.165) is 0 Å². The van der Waals surface area contributed by atoms with Crippen molar-refractivity contribution in [3.63, 3.8) is 0 Å². The Labute approximate surface area is 84.9 Å². The van der Waals surface area contributed by atoms with Crippen molar-refractivity contribution in [1.29, 1.82) is 0 Å². The second-order valence-electron chi connectivity index (χ2n) is 1.96. The van der Waals surface area contributed by atoms with Crippen LogP contribution in [0.1, 0.15) is 0 Å². The Morgan fingerprint density at radius 2 is 2.15 bits per heavy atom. The van der Waals surface area contributed by atoms with E-state index in [2.05, 4.69) is 4.84 Å². The molecule has 0 aliphatic carbocycles. The van der Waals surface area contributed by atoms with Crippen LogP contribution in [0, 0.1) is 10.1 Å². The van der Waals surface area contributed by atoms with Crippen molar-refractivity contribution in [2.75, 3.05) is 0 Å². The third-order valence-corrected chi connectivity index (χ3v) is 1.56. The van der Waals surface area contributed by atoms with Gasteiger partial charge < -0.3 is 4.84 Å². The summed E-state index contributed by atoms with van der Waals surface area (Å²) in [6.45, 7) is 0. The van der Waals surface area contributed by atoms with Crippen LogP contribution in [-0.2, 0) is 0 Å². The highest BCUT2D eigenvalue weighted by molar-refractivity contribution is 6.32. The molecule has 0 bridgehead atoms. The molecule has 0 heterocycles. The predicted molar refractivity (Wildman–Crippen MR) is 50.2 cm³/mol. The Balaban J connectivity index is 0.00000144. The molecule has 0 aromatic heterocycles. The smallest absolute Gasteiger partial charge is 0.315 e. The highest BCUT2D eigenvalue weighted by Crippen LogP contribution is 2.33. The van der Waals surface area contributed by atoms with Gasteiger partial charge in [-0.05, 0) is 6.07 Å². The van der Waals surface area contributed by atoms with Crippen LogP contribution in [0.4, 0.5) is 5.69 Å². The molecule has 2 N–H and O–H groups in total. The van der Waals surface area contributed by atoms with E-state index in [4.69, 9.17) is 17.5 Å². The number of hydrogen-bond acceptors (Lipinski definition) is 4. The minimum atomic E-state index is -0.617. The summed E-state index contributed by atoms with van der Waals surface area (Å²) in [4.78, 5) is 14.0. The summed E-state index contributed by atoms with van der Waals surface area (Å²) >= 11 is 5.56. The monoisotopic (exact) mass is 224 g/mol. The molecule has 0 aliphatic rings. The average Bonchev–Trinajstić information content (AvgIpc) is 2.03. The zero-order valence-corrected chi connectivity index (χ0v) is 7.84. The molecule has 0 spiro atoms. The lowest BCUT2D eigenvalue weighted by Gasteiger charge is -2.00. The second-order valence-corrected chi connectivity index (χ2v) is 2.37. The van der Waals surface area contributed by atoms with E-state index >= 15 is 0 Å². The van der Waals surface area contributed by atoms with E-state index in [1.807, 2.05) is 0 Å². The summed E-state index contributed by atoms with van der Waals surface area (Å²) in [6.07, 6.45) is 0. The quantitative estimate of drug-likeness (QED) is 0.615. The fraction of sp³-hybridized carbons (Fsp3) is 0. The largest absolute Gasteiger partial charge is 0.403 e. The normalized spacial score (nSPS) is 8.77. The number of hydrogen-bond donors (Lipinski definition) is 1. The van der Waals surface area contributed by atoms with E-state index in [-0.39, 0.29) is 28.9 Å².